The van der Waals surface area contributed by atoms with Gasteiger partial charge in [-0.05, 0) is 36.5 Å². The van der Waals surface area contributed by atoms with Gasteiger partial charge in [0.05, 0.1) is 6.04 Å². The van der Waals surface area contributed by atoms with Gasteiger partial charge in [0, 0.05) is 40.5 Å². The van der Waals surface area contributed by atoms with Gasteiger partial charge >= 0.3 is 6.18 Å². The van der Waals surface area contributed by atoms with Gasteiger partial charge in [0.15, 0.2) is 5.69 Å². The van der Waals surface area contributed by atoms with Gasteiger partial charge in [0.2, 0.25) is 0 Å². The molecule has 0 spiro atoms. The highest BCUT2D eigenvalue weighted by molar-refractivity contribution is 5.98. The molecule has 1 atom stereocenters. The van der Waals surface area contributed by atoms with E-state index in [2.05, 4.69) is 15.5 Å². The standard InChI is InChI=1S/C19H20F3N5/c20-19(21,22)18-13(9-25-27-18)16-7-11(10-3-1-2-4-10)17-12(8-23)14(24)5-6-15(17)26-16/h5-10,16,23,26H,1-4,24H2,(H,25,27). The number of hydrogen-bond acceptors (Lipinski definition) is 4. The molecular weight excluding hydrogens is 355 g/mol. The lowest BCUT2D eigenvalue weighted by Gasteiger charge is -2.31. The maximum absolute atomic E-state index is 13.3. The van der Waals surface area contributed by atoms with Gasteiger partial charge in [0.1, 0.15) is 0 Å². The number of H-pyrrole nitrogens is 1. The second-order valence-corrected chi connectivity index (χ2v) is 7.05. The van der Waals surface area contributed by atoms with E-state index in [1.54, 1.807) is 12.1 Å². The third kappa shape index (κ3) is 2.98. The maximum atomic E-state index is 13.3. The van der Waals surface area contributed by atoms with E-state index < -0.39 is 17.9 Å². The number of nitrogens with zero attached hydrogens (tertiary/aromatic N) is 1. The number of aromatic amines is 1. The van der Waals surface area contributed by atoms with Gasteiger partial charge in [-0.25, -0.2) is 0 Å². The molecule has 5 N–H and O–H groups in total. The van der Waals surface area contributed by atoms with Gasteiger partial charge in [0.25, 0.3) is 0 Å². The molecule has 0 amide bonds. The summed E-state index contributed by atoms with van der Waals surface area (Å²) in [5, 5.41) is 16.7. The molecule has 1 fully saturated rings. The van der Waals surface area contributed by atoms with Gasteiger partial charge in [-0.3, -0.25) is 5.10 Å². The number of fused-ring (bicyclic) bond motifs is 1. The number of hydrogen-bond donors (Lipinski definition) is 4. The molecule has 1 aliphatic carbocycles. The molecule has 27 heavy (non-hydrogen) atoms. The Kier molecular flexibility index (Phi) is 4.20. The van der Waals surface area contributed by atoms with E-state index in [0.717, 1.165) is 36.8 Å². The molecule has 1 unspecified atom stereocenters. The Hall–Kier alpha value is -2.77. The molecule has 2 aromatic rings. The molecule has 4 rings (SSSR count). The van der Waals surface area contributed by atoms with Crippen LogP contribution < -0.4 is 11.1 Å². The molecule has 142 valence electrons. The Bertz CT molecular complexity index is 907. The SMILES string of the molecule is N=Cc1c(N)ccc2c1C(C1CCCC1)=CC(c1c[nH]nc1C(F)(F)F)N2. The van der Waals surface area contributed by atoms with Crippen LogP contribution in [0.3, 0.4) is 0 Å². The van der Waals surface area contributed by atoms with Crippen LogP contribution in [0.25, 0.3) is 5.57 Å². The second-order valence-electron chi connectivity index (χ2n) is 7.05. The van der Waals surface area contributed by atoms with Crippen LogP contribution in [0.15, 0.2) is 24.4 Å². The zero-order valence-electron chi connectivity index (χ0n) is 14.5. The average molecular weight is 375 g/mol. The fourth-order valence-electron chi connectivity index (χ4n) is 4.20. The minimum atomic E-state index is -4.53. The van der Waals surface area contributed by atoms with Crippen LogP contribution >= 0.6 is 0 Å². The molecule has 1 aromatic carbocycles. The van der Waals surface area contributed by atoms with Crippen LogP contribution in [-0.4, -0.2) is 16.4 Å². The molecule has 8 heteroatoms. The van der Waals surface area contributed by atoms with Crippen molar-refractivity contribution in [3.05, 3.63) is 46.8 Å². The van der Waals surface area contributed by atoms with Crippen LogP contribution in [0, 0.1) is 11.3 Å². The summed E-state index contributed by atoms with van der Waals surface area (Å²) in [6, 6.07) is 2.81. The van der Waals surface area contributed by atoms with E-state index in [1.807, 2.05) is 6.08 Å². The van der Waals surface area contributed by atoms with Crippen molar-refractivity contribution in [2.45, 2.75) is 37.9 Å². The lowest BCUT2D eigenvalue weighted by atomic mass is 9.82. The number of rotatable bonds is 3. The first-order chi connectivity index (χ1) is 12.9. The van der Waals surface area contributed by atoms with Crippen molar-refractivity contribution >= 4 is 23.2 Å². The van der Waals surface area contributed by atoms with Crippen LogP contribution in [0.5, 0.6) is 0 Å². The number of halogens is 3. The van der Waals surface area contributed by atoms with Crippen LogP contribution in [0.1, 0.15) is 54.1 Å². The van der Waals surface area contributed by atoms with Gasteiger partial charge in [-0.15, -0.1) is 0 Å². The molecule has 5 nitrogen and oxygen atoms in total. The van der Waals surface area contributed by atoms with Crippen molar-refractivity contribution in [2.75, 3.05) is 11.1 Å². The second kappa shape index (κ2) is 6.44. The van der Waals surface area contributed by atoms with Crippen molar-refractivity contribution < 1.29 is 13.2 Å². The Balaban J connectivity index is 1.86. The first kappa shape index (κ1) is 17.6. The number of nitrogens with one attached hydrogen (secondary N) is 3. The van der Waals surface area contributed by atoms with Crippen molar-refractivity contribution in [1.29, 1.82) is 5.41 Å². The molecule has 0 saturated heterocycles. The number of nitrogens with two attached hydrogens (primary N) is 1. The topological polar surface area (TPSA) is 90.6 Å². The molecule has 0 radical (unpaired) electrons. The number of allylic oxidation sites excluding steroid dienone is 1. The van der Waals surface area contributed by atoms with E-state index >= 15 is 0 Å². The van der Waals surface area contributed by atoms with Crippen molar-refractivity contribution in [2.24, 2.45) is 5.92 Å². The van der Waals surface area contributed by atoms with Gasteiger partial charge in [-0.2, -0.15) is 18.3 Å². The molecule has 2 heterocycles. The van der Waals surface area contributed by atoms with Gasteiger partial charge < -0.3 is 16.5 Å². The lowest BCUT2D eigenvalue weighted by molar-refractivity contribution is -0.141. The normalized spacial score (nSPS) is 20.1. The maximum Gasteiger partial charge on any atom is 0.435 e. The third-order valence-electron chi connectivity index (χ3n) is 5.44. The van der Waals surface area contributed by atoms with Crippen molar-refractivity contribution in [1.82, 2.24) is 10.2 Å². The Morgan fingerprint density at radius 1 is 1.22 bits per heavy atom. The molecule has 0 bridgehead atoms. The molecule has 1 aromatic heterocycles. The number of benzene rings is 1. The van der Waals surface area contributed by atoms with E-state index in [4.69, 9.17) is 11.1 Å². The number of anilines is 2. The minimum absolute atomic E-state index is 0.0666. The number of alkyl halides is 3. The highest BCUT2D eigenvalue weighted by atomic mass is 19.4. The van der Waals surface area contributed by atoms with Crippen LogP contribution in [0.2, 0.25) is 0 Å². The van der Waals surface area contributed by atoms with Gasteiger partial charge in [-0.1, -0.05) is 18.9 Å². The summed E-state index contributed by atoms with van der Waals surface area (Å²) in [6.07, 6.45) is 4.00. The monoisotopic (exact) mass is 375 g/mol. The average Bonchev–Trinajstić information content (AvgIpc) is 3.32. The first-order valence-electron chi connectivity index (χ1n) is 8.92. The largest absolute Gasteiger partial charge is 0.435 e. The Morgan fingerprint density at radius 2 is 1.96 bits per heavy atom. The fraction of sp³-hybridized carbons (Fsp3) is 0.368. The quantitative estimate of drug-likeness (QED) is 0.461. The number of nitrogen functional groups attached to an aromatic ring is 1. The van der Waals surface area contributed by atoms with E-state index in [-0.39, 0.29) is 11.5 Å². The zero-order valence-corrected chi connectivity index (χ0v) is 14.5. The van der Waals surface area contributed by atoms with E-state index in [0.29, 0.717) is 16.9 Å². The Morgan fingerprint density at radius 3 is 2.63 bits per heavy atom. The van der Waals surface area contributed by atoms with Crippen LogP contribution in [-0.2, 0) is 6.18 Å². The third-order valence-corrected chi connectivity index (χ3v) is 5.44. The summed E-state index contributed by atoms with van der Waals surface area (Å²) in [6.45, 7) is 0. The summed E-state index contributed by atoms with van der Waals surface area (Å²) in [4.78, 5) is 0. The van der Waals surface area contributed by atoms with E-state index in [9.17, 15) is 13.2 Å². The Labute approximate surface area is 154 Å². The fourth-order valence-corrected chi connectivity index (χ4v) is 4.20. The summed E-state index contributed by atoms with van der Waals surface area (Å²) in [5.41, 5.74) is 8.83. The first-order valence-corrected chi connectivity index (χ1v) is 8.92. The highest BCUT2D eigenvalue weighted by Gasteiger charge is 2.39. The van der Waals surface area contributed by atoms with E-state index in [1.165, 1.54) is 12.4 Å². The summed E-state index contributed by atoms with van der Waals surface area (Å²) < 4.78 is 40.0. The number of aromatic nitrogens is 2. The summed E-state index contributed by atoms with van der Waals surface area (Å²) >= 11 is 0. The predicted octanol–water partition coefficient (Wildman–Crippen LogP) is 4.75. The molecular formula is C19H20F3N5. The molecule has 1 aliphatic heterocycles. The predicted molar refractivity (Wildman–Crippen MR) is 98.6 cm³/mol. The van der Waals surface area contributed by atoms with Crippen molar-refractivity contribution in [3.63, 3.8) is 0 Å². The molecule has 1 saturated carbocycles. The lowest BCUT2D eigenvalue weighted by Crippen LogP contribution is -2.21. The minimum Gasteiger partial charge on any atom is -0.398 e. The molecule has 2 aliphatic rings. The van der Waals surface area contributed by atoms with Crippen LogP contribution in [0.4, 0.5) is 24.5 Å². The highest BCUT2D eigenvalue weighted by Crippen LogP contribution is 2.47. The summed E-state index contributed by atoms with van der Waals surface area (Å²) in [7, 11) is 0. The smallest absolute Gasteiger partial charge is 0.398 e. The zero-order chi connectivity index (χ0) is 19.2. The summed E-state index contributed by atoms with van der Waals surface area (Å²) in [5.74, 6) is 0.259. The van der Waals surface area contributed by atoms with Crippen molar-refractivity contribution in [3.8, 4) is 0 Å².